The number of nitrogens with zero attached hydrogens (tertiary/aromatic N) is 1. The molecule has 1 aliphatic rings. The molecule has 1 aliphatic heterocycles. The molecular formula is C23H27ClN4O5S. The molecule has 182 valence electrons. The molecule has 0 saturated carbocycles. The van der Waals surface area contributed by atoms with E-state index in [1.807, 2.05) is 6.92 Å². The topological polar surface area (TPSA) is 135 Å². The molecule has 2 aromatic heterocycles. The number of pyridine rings is 1. The van der Waals surface area contributed by atoms with Crippen LogP contribution in [-0.2, 0) is 10.0 Å². The van der Waals surface area contributed by atoms with Crippen LogP contribution in [0.15, 0.2) is 34.1 Å². The maximum absolute atomic E-state index is 13.3. The van der Waals surface area contributed by atoms with Crippen molar-refractivity contribution in [2.24, 2.45) is 0 Å². The number of alkyl halides is 1. The van der Waals surface area contributed by atoms with Crippen LogP contribution < -0.4 is 10.9 Å². The number of benzene rings is 1. The van der Waals surface area contributed by atoms with Gasteiger partial charge in [0, 0.05) is 41.0 Å². The Morgan fingerprint density at radius 3 is 2.71 bits per heavy atom. The monoisotopic (exact) mass is 506 g/mol. The van der Waals surface area contributed by atoms with Crippen LogP contribution in [0.1, 0.15) is 36.5 Å². The van der Waals surface area contributed by atoms with Crippen molar-refractivity contribution in [3.63, 3.8) is 0 Å². The number of fused-ring (bicyclic) bond motifs is 3. The number of aromatic carboxylic acids is 1. The van der Waals surface area contributed by atoms with Gasteiger partial charge in [0.15, 0.2) is 0 Å². The molecule has 0 spiro atoms. The lowest BCUT2D eigenvalue weighted by atomic mass is 10.1. The predicted octanol–water partition coefficient (Wildman–Crippen LogP) is 2.72. The third-order valence-electron chi connectivity index (χ3n) is 5.53. The van der Waals surface area contributed by atoms with Crippen molar-refractivity contribution >= 4 is 49.4 Å². The van der Waals surface area contributed by atoms with Crippen LogP contribution >= 0.6 is 11.6 Å². The van der Waals surface area contributed by atoms with E-state index in [-0.39, 0.29) is 40.5 Å². The Bertz CT molecular complexity index is 1380. The van der Waals surface area contributed by atoms with Gasteiger partial charge in [-0.1, -0.05) is 12.8 Å². The van der Waals surface area contributed by atoms with Crippen molar-refractivity contribution in [3.8, 4) is 12.3 Å². The SMILES string of the molecule is C#CCN(C[C@@H]1CCCN1)S(=O)(=O)c1ccc2[nH]c(=O)c3[nH]cc(C(=O)O)c3c2c1.CCCCl. The quantitative estimate of drug-likeness (QED) is 0.287. The molecule has 4 rings (SSSR count). The molecule has 0 radical (unpaired) electrons. The predicted molar refractivity (Wildman–Crippen MR) is 133 cm³/mol. The van der Waals surface area contributed by atoms with Gasteiger partial charge in [-0.3, -0.25) is 4.79 Å². The number of aromatic amines is 2. The minimum absolute atomic E-state index is 0.0193. The Hall–Kier alpha value is -2.84. The van der Waals surface area contributed by atoms with E-state index in [0.717, 1.165) is 31.7 Å². The molecule has 3 heterocycles. The molecule has 1 saturated heterocycles. The summed E-state index contributed by atoms with van der Waals surface area (Å²) in [6.07, 6.45) is 9.56. The second-order valence-corrected chi connectivity index (χ2v) is 10.2. The molecule has 11 heteroatoms. The van der Waals surface area contributed by atoms with E-state index < -0.39 is 21.6 Å². The Morgan fingerprint density at radius 1 is 1.38 bits per heavy atom. The summed E-state index contributed by atoms with van der Waals surface area (Å²) >= 11 is 5.19. The number of terminal acetylenes is 1. The molecule has 1 aromatic carbocycles. The summed E-state index contributed by atoms with van der Waals surface area (Å²) in [5, 5.41) is 13.2. The number of hydrogen-bond donors (Lipinski definition) is 4. The Balaban J connectivity index is 0.000000751. The fourth-order valence-electron chi connectivity index (χ4n) is 3.89. The number of H-pyrrole nitrogens is 2. The van der Waals surface area contributed by atoms with Gasteiger partial charge in [0.25, 0.3) is 5.56 Å². The van der Waals surface area contributed by atoms with Crippen LogP contribution in [0.4, 0.5) is 0 Å². The maximum Gasteiger partial charge on any atom is 0.337 e. The van der Waals surface area contributed by atoms with Crippen molar-refractivity contribution in [1.82, 2.24) is 19.6 Å². The molecule has 1 atom stereocenters. The highest BCUT2D eigenvalue weighted by Gasteiger charge is 2.28. The molecule has 4 N–H and O–H groups in total. The van der Waals surface area contributed by atoms with Gasteiger partial charge >= 0.3 is 5.97 Å². The molecule has 0 unspecified atom stereocenters. The summed E-state index contributed by atoms with van der Waals surface area (Å²) in [5.74, 6) is 1.97. The van der Waals surface area contributed by atoms with E-state index in [2.05, 4.69) is 21.2 Å². The van der Waals surface area contributed by atoms with E-state index in [1.165, 1.54) is 28.7 Å². The van der Waals surface area contributed by atoms with Crippen LogP contribution in [0.5, 0.6) is 0 Å². The van der Waals surface area contributed by atoms with Gasteiger partial charge in [0.2, 0.25) is 10.0 Å². The van der Waals surface area contributed by atoms with Crippen LogP contribution in [-0.4, -0.2) is 65.3 Å². The lowest BCUT2D eigenvalue weighted by Crippen LogP contribution is -2.41. The lowest BCUT2D eigenvalue weighted by Gasteiger charge is -2.23. The van der Waals surface area contributed by atoms with Crippen molar-refractivity contribution in [3.05, 3.63) is 40.3 Å². The van der Waals surface area contributed by atoms with Gasteiger partial charge in [0.05, 0.1) is 17.0 Å². The van der Waals surface area contributed by atoms with E-state index in [4.69, 9.17) is 18.0 Å². The highest BCUT2D eigenvalue weighted by molar-refractivity contribution is 7.89. The van der Waals surface area contributed by atoms with Crippen LogP contribution in [0, 0.1) is 12.3 Å². The number of sulfonamides is 1. The lowest BCUT2D eigenvalue weighted by molar-refractivity contribution is 0.0699. The first-order chi connectivity index (χ1) is 16.2. The number of carboxylic acid groups (broad SMARTS) is 1. The average molecular weight is 507 g/mol. The normalized spacial score (nSPS) is 15.9. The third-order valence-corrected chi connectivity index (χ3v) is 7.71. The molecule has 0 aliphatic carbocycles. The van der Waals surface area contributed by atoms with E-state index in [0.29, 0.717) is 10.9 Å². The molecule has 0 amide bonds. The fourth-order valence-corrected chi connectivity index (χ4v) is 5.32. The summed E-state index contributed by atoms with van der Waals surface area (Å²) in [4.78, 5) is 29.2. The molecule has 34 heavy (non-hydrogen) atoms. The number of nitrogens with one attached hydrogen (secondary N) is 3. The summed E-state index contributed by atoms with van der Waals surface area (Å²) < 4.78 is 27.9. The van der Waals surface area contributed by atoms with Gasteiger partial charge in [-0.05, 0) is 44.0 Å². The summed E-state index contributed by atoms with van der Waals surface area (Å²) in [6.45, 7) is 3.05. The number of hydrogen-bond acceptors (Lipinski definition) is 5. The summed E-state index contributed by atoms with van der Waals surface area (Å²) in [6, 6.07) is 4.26. The first-order valence-corrected chi connectivity index (χ1v) is 12.8. The van der Waals surface area contributed by atoms with E-state index in [1.54, 1.807) is 0 Å². The first kappa shape index (κ1) is 25.8. The summed E-state index contributed by atoms with van der Waals surface area (Å²) in [5.41, 5.74) is -0.173. The van der Waals surface area contributed by atoms with Crippen LogP contribution in [0.2, 0.25) is 0 Å². The zero-order valence-corrected chi connectivity index (χ0v) is 20.3. The number of aromatic nitrogens is 2. The fraction of sp³-hybridized carbons (Fsp3) is 0.391. The van der Waals surface area contributed by atoms with Gasteiger partial charge in [-0.15, -0.1) is 18.0 Å². The van der Waals surface area contributed by atoms with Crippen molar-refractivity contribution in [2.45, 2.75) is 37.1 Å². The smallest absolute Gasteiger partial charge is 0.337 e. The number of rotatable bonds is 7. The van der Waals surface area contributed by atoms with Crippen molar-refractivity contribution < 1.29 is 18.3 Å². The van der Waals surface area contributed by atoms with Gasteiger partial charge in [-0.25, -0.2) is 13.2 Å². The van der Waals surface area contributed by atoms with Crippen LogP contribution in [0.3, 0.4) is 0 Å². The number of halogens is 1. The third kappa shape index (κ3) is 5.28. The van der Waals surface area contributed by atoms with Gasteiger partial charge in [0.1, 0.15) is 5.52 Å². The zero-order valence-electron chi connectivity index (χ0n) is 18.7. The second kappa shape index (κ2) is 11.1. The number of carboxylic acids is 1. The van der Waals surface area contributed by atoms with Gasteiger partial charge < -0.3 is 20.4 Å². The van der Waals surface area contributed by atoms with Crippen molar-refractivity contribution in [2.75, 3.05) is 25.5 Å². The van der Waals surface area contributed by atoms with Crippen molar-refractivity contribution in [1.29, 1.82) is 0 Å². The van der Waals surface area contributed by atoms with E-state index in [9.17, 15) is 23.1 Å². The summed E-state index contributed by atoms with van der Waals surface area (Å²) in [7, 11) is -3.94. The molecule has 9 nitrogen and oxygen atoms in total. The second-order valence-electron chi connectivity index (χ2n) is 7.90. The Kier molecular flexibility index (Phi) is 8.38. The molecule has 3 aromatic rings. The highest BCUT2D eigenvalue weighted by Crippen LogP contribution is 2.28. The minimum Gasteiger partial charge on any atom is -0.478 e. The maximum atomic E-state index is 13.3. The molecule has 1 fully saturated rings. The highest BCUT2D eigenvalue weighted by atomic mass is 35.5. The largest absolute Gasteiger partial charge is 0.478 e. The van der Waals surface area contributed by atoms with Crippen LogP contribution in [0.25, 0.3) is 21.8 Å². The number of carbonyl (C=O) groups is 1. The molecule has 0 bridgehead atoms. The first-order valence-electron chi connectivity index (χ1n) is 10.9. The average Bonchev–Trinajstić information content (AvgIpc) is 3.49. The zero-order chi connectivity index (χ0) is 24.9. The van der Waals surface area contributed by atoms with E-state index >= 15 is 0 Å². The van der Waals surface area contributed by atoms with Gasteiger partial charge in [-0.2, -0.15) is 4.31 Å². The Morgan fingerprint density at radius 2 is 2.12 bits per heavy atom. The minimum atomic E-state index is -3.94. The molecular weight excluding hydrogens is 480 g/mol. The standard InChI is InChI=1S/C20H20N4O5S.C3H7Cl/c1-2-8-24(11-12-4-3-7-21-12)30(28,29)13-5-6-16-14(9-13)17-15(20(26)27)10-22-18(17)19(25)23-16;1-2-3-4/h1,5-6,9-10,12,21-22H,3-4,7-8,11H2,(H,23,25)(H,26,27);2-3H2,1H3/t12-;/m0./s1. The Labute approximate surface area is 202 Å².